The highest BCUT2D eigenvalue weighted by Gasteiger charge is 2.33. The minimum absolute atomic E-state index is 0.125. The Bertz CT molecular complexity index is 758. The van der Waals surface area contributed by atoms with Crippen LogP contribution in [0.4, 0.5) is 0 Å². The van der Waals surface area contributed by atoms with Crippen LogP contribution in [0.3, 0.4) is 0 Å². The molecule has 134 valence electrons. The zero-order valence-corrected chi connectivity index (χ0v) is 14.5. The van der Waals surface area contributed by atoms with Crippen molar-refractivity contribution in [3.8, 4) is 5.88 Å². The van der Waals surface area contributed by atoms with Crippen molar-refractivity contribution in [1.29, 1.82) is 0 Å². The van der Waals surface area contributed by atoms with E-state index in [0.29, 0.717) is 5.88 Å². The molecule has 4 rings (SSSR count). The number of hydrogen-bond acceptors (Lipinski definition) is 4. The van der Waals surface area contributed by atoms with Crippen LogP contribution in [0.2, 0.25) is 0 Å². The number of aromatic nitrogens is 2. The van der Waals surface area contributed by atoms with Gasteiger partial charge in [0.25, 0.3) is 0 Å². The lowest BCUT2D eigenvalue weighted by atomic mass is 9.81. The highest BCUT2D eigenvalue weighted by Crippen LogP contribution is 2.38. The Morgan fingerprint density at radius 2 is 1.96 bits per heavy atom. The van der Waals surface area contributed by atoms with Crippen LogP contribution in [0.5, 0.6) is 5.88 Å². The number of carbonyl (C=O) groups excluding carboxylic acids is 1. The van der Waals surface area contributed by atoms with Crippen molar-refractivity contribution in [2.75, 3.05) is 13.1 Å². The fraction of sp³-hybridized carbons (Fsp3) is 0.579. The van der Waals surface area contributed by atoms with Gasteiger partial charge in [0, 0.05) is 31.5 Å². The summed E-state index contributed by atoms with van der Waals surface area (Å²) in [5, 5.41) is 11.3. The molecule has 2 aromatic heterocycles. The van der Waals surface area contributed by atoms with E-state index in [-0.39, 0.29) is 23.9 Å². The second-order valence-corrected chi connectivity index (χ2v) is 7.42. The molecular formula is C19H26N4O2. The molecule has 3 N–H and O–H groups in total. The predicted molar refractivity (Wildman–Crippen MR) is 96.2 cm³/mol. The second kappa shape index (κ2) is 6.67. The summed E-state index contributed by atoms with van der Waals surface area (Å²) in [5.74, 6) is 0.665. The SMILES string of the molecule is N[C@H](C(=O)N1CCCC1)C1CCC(n2cc3ncccc3c2O)CC1. The Morgan fingerprint density at radius 3 is 2.64 bits per heavy atom. The Balaban J connectivity index is 1.42. The number of nitrogens with zero attached hydrogens (tertiary/aromatic N) is 3. The molecule has 0 spiro atoms. The Morgan fingerprint density at radius 1 is 1.24 bits per heavy atom. The van der Waals surface area contributed by atoms with Gasteiger partial charge in [-0.2, -0.15) is 0 Å². The van der Waals surface area contributed by atoms with Gasteiger partial charge in [-0.05, 0) is 56.6 Å². The van der Waals surface area contributed by atoms with E-state index in [4.69, 9.17) is 5.73 Å². The molecule has 0 unspecified atom stereocenters. The van der Waals surface area contributed by atoms with Crippen LogP contribution >= 0.6 is 0 Å². The summed E-state index contributed by atoms with van der Waals surface area (Å²) in [5.41, 5.74) is 7.11. The summed E-state index contributed by atoms with van der Waals surface area (Å²) in [6.45, 7) is 1.72. The highest BCUT2D eigenvalue weighted by atomic mass is 16.3. The third kappa shape index (κ3) is 2.99. The maximum Gasteiger partial charge on any atom is 0.239 e. The van der Waals surface area contributed by atoms with Crippen molar-refractivity contribution in [2.24, 2.45) is 11.7 Å². The van der Waals surface area contributed by atoms with Crippen molar-refractivity contribution >= 4 is 16.8 Å². The standard InChI is InChI=1S/C19H26N4O2/c20-17(19(25)22-10-1-2-11-22)13-5-7-14(8-6-13)23-12-16-15(18(23)24)4-3-9-21-16/h3-4,9,12-14,17,24H,1-2,5-8,10-11,20H2/t13?,14?,17-/m0/s1. The van der Waals surface area contributed by atoms with Crippen LogP contribution in [-0.2, 0) is 4.79 Å². The number of rotatable bonds is 3. The molecule has 0 aromatic carbocycles. The molecule has 1 aliphatic heterocycles. The van der Waals surface area contributed by atoms with E-state index >= 15 is 0 Å². The van der Waals surface area contributed by atoms with Gasteiger partial charge in [-0.25, -0.2) is 0 Å². The molecule has 2 fully saturated rings. The van der Waals surface area contributed by atoms with Crippen molar-refractivity contribution in [3.63, 3.8) is 0 Å². The third-order valence-corrected chi connectivity index (χ3v) is 5.93. The van der Waals surface area contributed by atoms with E-state index in [2.05, 4.69) is 4.98 Å². The van der Waals surface area contributed by atoms with E-state index in [9.17, 15) is 9.90 Å². The lowest BCUT2D eigenvalue weighted by Crippen LogP contribution is -2.47. The average Bonchev–Trinajstić information content (AvgIpc) is 3.30. The van der Waals surface area contributed by atoms with Gasteiger partial charge < -0.3 is 20.3 Å². The van der Waals surface area contributed by atoms with Gasteiger partial charge in [-0.1, -0.05) is 0 Å². The molecule has 25 heavy (non-hydrogen) atoms. The molecular weight excluding hydrogens is 316 g/mol. The first-order chi connectivity index (χ1) is 12.1. The fourth-order valence-electron chi connectivity index (χ4n) is 4.41. The van der Waals surface area contributed by atoms with Gasteiger partial charge in [-0.15, -0.1) is 0 Å². The fourth-order valence-corrected chi connectivity index (χ4v) is 4.41. The molecule has 6 nitrogen and oxygen atoms in total. The molecule has 0 bridgehead atoms. The number of aromatic hydroxyl groups is 1. The smallest absolute Gasteiger partial charge is 0.239 e. The number of amides is 1. The highest BCUT2D eigenvalue weighted by molar-refractivity contribution is 5.84. The first-order valence-electron chi connectivity index (χ1n) is 9.34. The number of fused-ring (bicyclic) bond motifs is 1. The monoisotopic (exact) mass is 342 g/mol. The van der Waals surface area contributed by atoms with E-state index in [0.717, 1.165) is 62.5 Å². The summed E-state index contributed by atoms with van der Waals surface area (Å²) < 4.78 is 1.95. The molecule has 1 atom stereocenters. The van der Waals surface area contributed by atoms with Crippen LogP contribution in [0.25, 0.3) is 10.9 Å². The summed E-state index contributed by atoms with van der Waals surface area (Å²) in [4.78, 5) is 18.8. The largest absolute Gasteiger partial charge is 0.494 e. The van der Waals surface area contributed by atoms with E-state index in [1.165, 1.54) is 0 Å². The number of hydrogen-bond donors (Lipinski definition) is 2. The van der Waals surface area contributed by atoms with Gasteiger partial charge in [-0.3, -0.25) is 9.78 Å². The van der Waals surface area contributed by atoms with E-state index < -0.39 is 0 Å². The number of likely N-dealkylation sites (tertiary alicyclic amines) is 1. The molecule has 6 heteroatoms. The molecule has 1 aliphatic carbocycles. The van der Waals surface area contributed by atoms with Crippen molar-refractivity contribution in [2.45, 2.75) is 50.6 Å². The maximum absolute atomic E-state index is 12.5. The van der Waals surface area contributed by atoms with Gasteiger partial charge >= 0.3 is 0 Å². The van der Waals surface area contributed by atoms with Crippen molar-refractivity contribution in [1.82, 2.24) is 14.5 Å². The zero-order chi connectivity index (χ0) is 17.4. The Kier molecular flexibility index (Phi) is 4.37. The number of nitrogens with two attached hydrogens (primary N) is 1. The summed E-state index contributed by atoms with van der Waals surface area (Å²) in [6, 6.07) is 3.61. The molecule has 1 saturated carbocycles. The number of carbonyl (C=O) groups is 1. The minimum atomic E-state index is -0.377. The van der Waals surface area contributed by atoms with Crippen LogP contribution in [0.15, 0.2) is 24.5 Å². The summed E-state index contributed by atoms with van der Waals surface area (Å²) in [7, 11) is 0. The average molecular weight is 342 g/mol. The normalized spacial score (nSPS) is 25.4. The zero-order valence-electron chi connectivity index (χ0n) is 14.5. The van der Waals surface area contributed by atoms with Crippen LogP contribution < -0.4 is 5.73 Å². The van der Waals surface area contributed by atoms with Crippen LogP contribution in [0.1, 0.15) is 44.6 Å². The molecule has 3 heterocycles. The van der Waals surface area contributed by atoms with Crippen LogP contribution in [-0.4, -0.2) is 44.6 Å². The van der Waals surface area contributed by atoms with Gasteiger partial charge in [0.05, 0.1) is 16.9 Å². The van der Waals surface area contributed by atoms with Crippen LogP contribution in [0, 0.1) is 5.92 Å². The molecule has 1 saturated heterocycles. The molecule has 2 aromatic rings. The predicted octanol–water partition coefficient (Wildman–Crippen LogP) is 2.42. The van der Waals surface area contributed by atoms with Crippen molar-refractivity contribution < 1.29 is 9.90 Å². The quantitative estimate of drug-likeness (QED) is 0.897. The molecule has 1 amide bonds. The maximum atomic E-state index is 12.5. The summed E-state index contributed by atoms with van der Waals surface area (Å²) in [6.07, 6.45) is 9.58. The first-order valence-corrected chi connectivity index (χ1v) is 9.34. The lowest BCUT2D eigenvalue weighted by Gasteiger charge is -2.33. The second-order valence-electron chi connectivity index (χ2n) is 7.42. The van der Waals surface area contributed by atoms with Crippen molar-refractivity contribution in [3.05, 3.63) is 24.5 Å². The van der Waals surface area contributed by atoms with Gasteiger partial charge in [0.1, 0.15) is 0 Å². The van der Waals surface area contributed by atoms with Gasteiger partial charge in [0.2, 0.25) is 11.8 Å². The summed E-state index contributed by atoms with van der Waals surface area (Å²) >= 11 is 0. The van der Waals surface area contributed by atoms with E-state index in [1.807, 2.05) is 27.8 Å². The van der Waals surface area contributed by atoms with Gasteiger partial charge in [0.15, 0.2) is 0 Å². The Labute approximate surface area is 147 Å². The Hall–Kier alpha value is -2.08. The molecule has 2 aliphatic rings. The molecule has 0 radical (unpaired) electrons. The lowest BCUT2D eigenvalue weighted by molar-refractivity contribution is -0.133. The minimum Gasteiger partial charge on any atom is -0.494 e. The van der Waals surface area contributed by atoms with E-state index in [1.54, 1.807) is 6.20 Å². The number of pyridine rings is 1. The first kappa shape index (κ1) is 16.4. The topological polar surface area (TPSA) is 84.4 Å². The third-order valence-electron chi connectivity index (χ3n) is 5.93.